The first-order valence-electron chi connectivity index (χ1n) is 6.14. The Labute approximate surface area is 111 Å². The fourth-order valence-electron chi connectivity index (χ4n) is 2.35. The molecule has 0 amide bonds. The summed E-state index contributed by atoms with van der Waals surface area (Å²) in [6, 6.07) is 11.0. The number of benzene rings is 1. The molecular weight excluding hydrogens is 248 g/mol. The fraction of sp³-hybridized carbons (Fsp3) is 0.267. The first-order chi connectivity index (χ1) is 8.75. The predicted molar refractivity (Wildman–Crippen MR) is 70.2 cm³/mol. The van der Waals surface area contributed by atoms with Gasteiger partial charge in [-0.25, -0.2) is 0 Å². The summed E-state index contributed by atoms with van der Waals surface area (Å²) >= 11 is 5.71. The molecule has 1 aliphatic carbocycles. The lowest BCUT2D eigenvalue weighted by molar-refractivity contribution is 0.101. The summed E-state index contributed by atoms with van der Waals surface area (Å²) in [5.41, 5.74) is 1.88. The van der Waals surface area contributed by atoms with Crippen LogP contribution in [0.25, 0.3) is 0 Å². The van der Waals surface area contributed by atoms with E-state index in [1.807, 2.05) is 24.3 Å². The van der Waals surface area contributed by atoms with Crippen LogP contribution in [0.1, 0.15) is 46.9 Å². The van der Waals surface area contributed by atoms with Crippen LogP contribution in [0.15, 0.2) is 40.8 Å². The first-order valence-corrected chi connectivity index (χ1v) is 6.52. The van der Waals surface area contributed by atoms with E-state index < -0.39 is 0 Å². The number of furan rings is 1. The molecule has 0 bridgehead atoms. The van der Waals surface area contributed by atoms with Crippen molar-refractivity contribution < 1.29 is 9.21 Å². The molecule has 1 aromatic heterocycles. The quantitative estimate of drug-likeness (QED) is 0.764. The van der Waals surface area contributed by atoms with Gasteiger partial charge in [-0.15, -0.1) is 0 Å². The van der Waals surface area contributed by atoms with E-state index in [1.54, 1.807) is 12.1 Å². The van der Waals surface area contributed by atoms with Crippen LogP contribution in [0, 0.1) is 0 Å². The summed E-state index contributed by atoms with van der Waals surface area (Å²) in [4.78, 5) is 12.4. The zero-order valence-corrected chi connectivity index (χ0v) is 10.6. The van der Waals surface area contributed by atoms with Gasteiger partial charge < -0.3 is 4.42 Å². The largest absolute Gasteiger partial charge is 0.441 e. The average Bonchev–Trinajstić information content (AvgIpc) is 2.74. The summed E-state index contributed by atoms with van der Waals surface area (Å²) in [5, 5.41) is 0.250. The molecular formula is C15H13ClO2. The van der Waals surface area contributed by atoms with Crippen molar-refractivity contribution in [1.29, 1.82) is 0 Å². The standard InChI is InChI=1S/C15H13ClO2/c16-14-9-8-13(18-14)15(17)12-7-2-1-6-11(12)10-4-3-5-10/h1-2,6-10H,3-5H2. The Morgan fingerprint density at radius 1 is 1.17 bits per heavy atom. The van der Waals surface area contributed by atoms with E-state index in [-0.39, 0.29) is 11.0 Å². The van der Waals surface area contributed by atoms with Gasteiger partial charge >= 0.3 is 0 Å². The second kappa shape index (κ2) is 4.62. The normalized spacial score (nSPS) is 15.4. The van der Waals surface area contributed by atoms with Gasteiger partial charge in [-0.1, -0.05) is 30.7 Å². The molecule has 0 N–H and O–H groups in total. The zero-order chi connectivity index (χ0) is 12.5. The Morgan fingerprint density at radius 3 is 2.56 bits per heavy atom. The van der Waals surface area contributed by atoms with Gasteiger partial charge in [0.05, 0.1) is 0 Å². The van der Waals surface area contributed by atoms with Gasteiger partial charge in [0.15, 0.2) is 11.0 Å². The molecule has 18 heavy (non-hydrogen) atoms. The van der Waals surface area contributed by atoms with E-state index in [9.17, 15) is 4.79 Å². The van der Waals surface area contributed by atoms with Gasteiger partial charge in [0.1, 0.15) is 0 Å². The minimum Gasteiger partial charge on any atom is -0.441 e. The van der Waals surface area contributed by atoms with Crippen LogP contribution in [0.3, 0.4) is 0 Å². The zero-order valence-electron chi connectivity index (χ0n) is 9.86. The van der Waals surface area contributed by atoms with Gasteiger partial charge in [-0.05, 0) is 48.1 Å². The van der Waals surface area contributed by atoms with Crippen LogP contribution in [0.2, 0.25) is 5.22 Å². The third-order valence-electron chi connectivity index (χ3n) is 3.55. The molecule has 0 aliphatic heterocycles. The molecule has 0 saturated heterocycles. The summed E-state index contributed by atoms with van der Waals surface area (Å²) in [6.07, 6.45) is 3.59. The fourth-order valence-corrected chi connectivity index (χ4v) is 2.49. The maximum absolute atomic E-state index is 12.4. The summed E-state index contributed by atoms with van der Waals surface area (Å²) in [5.74, 6) is 0.756. The minimum absolute atomic E-state index is 0.0793. The summed E-state index contributed by atoms with van der Waals surface area (Å²) in [6.45, 7) is 0. The molecule has 1 aliphatic rings. The van der Waals surface area contributed by atoms with Crippen LogP contribution in [0.5, 0.6) is 0 Å². The van der Waals surface area contributed by atoms with Crippen LogP contribution in [-0.4, -0.2) is 5.78 Å². The van der Waals surface area contributed by atoms with Crippen molar-refractivity contribution in [2.45, 2.75) is 25.2 Å². The van der Waals surface area contributed by atoms with Crippen molar-refractivity contribution in [3.63, 3.8) is 0 Å². The first kappa shape index (κ1) is 11.5. The number of hydrogen-bond donors (Lipinski definition) is 0. The van der Waals surface area contributed by atoms with Gasteiger partial charge in [-0.3, -0.25) is 4.79 Å². The van der Waals surface area contributed by atoms with Gasteiger partial charge in [0, 0.05) is 5.56 Å². The number of rotatable bonds is 3. The van der Waals surface area contributed by atoms with Crippen LogP contribution < -0.4 is 0 Å². The Balaban J connectivity index is 1.98. The number of carbonyl (C=O) groups excluding carboxylic acids is 1. The van der Waals surface area contributed by atoms with E-state index >= 15 is 0 Å². The van der Waals surface area contributed by atoms with Crippen LogP contribution >= 0.6 is 11.6 Å². The molecule has 3 heteroatoms. The van der Waals surface area contributed by atoms with E-state index in [1.165, 1.54) is 19.3 Å². The number of ketones is 1. The van der Waals surface area contributed by atoms with Crippen LogP contribution in [-0.2, 0) is 0 Å². The highest BCUT2D eigenvalue weighted by molar-refractivity contribution is 6.29. The third-order valence-corrected chi connectivity index (χ3v) is 3.75. The summed E-state index contributed by atoms with van der Waals surface area (Å²) < 4.78 is 5.20. The number of hydrogen-bond acceptors (Lipinski definition) is 2. The molecule has 1 saturated carbocycles. The van der Waals surface area contributed by atoms with Crippen molar-refractivity contribution in [2.75, 3.05) is 0 Å². The third kappa shape index (κ3) is 1.97. The molecule has 2 nitrogen and oxygen atoms in total. The lowest BCUT2D eigenvalue weighted by atomic mass is 9.77. The highest BCUT2D eigenvalue weighted by atomic mass is 35.5. The molecule has 1 heterocycles. The predicted octanol–water partition coefficient (Wildman–Crippen LogP) is 4.43. The summed E-state index contributed by atoms with van der Waals surface area (Å²) in [7, 11) is 0. The maximum atomic E-state index is 12.4. The second-order valence-electron chi connectivity index (χ2n) is 4.65. The highest BCUT2D eigenvalue weighted by Gasteiger charge is 2.25. The van der Waals surface area contributed by atoms with E-state index in [2.05, 4.69) is 0 Å². The molecule has 0 radical (unpaired) electrons. The Hall–Kier alpha value is -1.54. The van der Waals surface area contributed by atoms with Gasteiger partial charge in [0.25, 0.3) is 0 Å². The topological polar surface area (TPSA) is 30.2 Å². The SMILES string of the molecule is O=C(c1ccc(Cl)o1)c1ccccc1C1CCC1. The molecule has 0 atom stereocenters. The van der Waals surface area contributed by atoms with Crippen molar-refractivity contribution in [3.8, 4) is 0 Å². The number of halogens is 1. The van der Waals surface area contributed by atoms with Gasteiger partial charge in [0.2, 0.25) is 5.78 Å². The molecule has 2 aromatic rings. The monoisotopic (exact) mass is 260 g/mol. The molecule has 0 spiro atoms. The minimum atomic E-state index is -0.0793. The van der Waals surface area contributed by atoms with Crippen molar-refractivity contribution in [1.82, 2.24) is 0 Å². The Bertz CT molecular complexity index is 582. The molecule has 1 fully saturated rings. The molecule has 0 unspecified atom stereocenters. The molecule has 3 rings (SSSR count). The molecule has 1 aromatic carbocycles. The van der Waals surface area contributed by atoms with Crippen molar-refractivity contribution >= 4 is 17.4 Å². The lowest BCUT2D eigenvalue weighted by Gasteiger charge is -2.27. The van der Waals surface area contributed by atoms with Crippen molar-refractivity contribution in [3.05, 3.63) is 58.5 Å². The Kier molecular flexibility index (Phi) is 2.96. The highest BCUT2D eigenvalue weighted by Crippen LogP contribution is 2.38. The number of carbonyl (C=O) groups is 1. The van der Waals surface area contributed by atoms with Crippen LogP contribution in [0.4, 0.5) is 0 Å². The van der Waals surface area contributed by atoms with E-state index in [4.69, 9.17) is 16.0 Å². The molecule has 92 valence electrons. The second-order valence-corrected chi connectivity index (χ2v) is 5.02. The average molecular weight is 261 g/mol. The smallest absolute Gasteiger partial charge is 0.228 e. The van der Waals surface area contributed by atoms with E-state index in [0.29, 0.717) is 11.7 Å². The lowest BCUT2D eigenvalue weighted by Crippen LogP contribution is -2.14. The Morgan fingerprint density at radius 2 is 1.94 bits per heavy atom. The van der Waals surface area contributed by atoms with Gasteiger partial charge in [-0.2, -0.15) is 0 Å². The van der Waals surface area contributed by atoms with Crippen molar-refractivity contribution in [2.24, 2.45) is 0 Å². The maximum Gasteiger partial charge on any atom is 0.228 e. The van der Waals surface area contributed by atoms with E-state index in [0.717, 1.165) is 11.1 Å².